The van der Waals surface area contributed by atoms with Crippen LogP contribution in [0.5, 0.6) is 11.5 Å². The maximum absolute atomic E-state index is 11.1. The zero-order valence-corrected chi connectivity index (χ0v) is 11.5. The largest absolute Gasteiger partial charge is 0.722 e. The average molecular weight is 317 g/mol. The summed E-state index contributed by atoms with van der Waals surface area (Å²) in [5.41, 5.74) is 10.7. The van der Waals surface area contributed by atoms with Gasteiger partial charge in [-0.3, -0.25) is 11.5 Å². The number of benzene rings is 1. The van der Waals surface area contributed by atoms with Crippen molar-refractivity contribution < 1.29 is 14.3 Å². The van der Waals surface area contributed by atoms with E-state index in [0.717, 1.165) is 0 Å². The van der Waals surface area contributed by atoms with E-state index < -0.39 is 5.96 Å². The maximum Gasteiger partial charge on any atom is 0.366 e. The molecule has 98 valence electrons. The molecule has 0 atom stereocenters. The summed E-state index contributed by atoms with van der Waals surface area (Å²) in [6, 6.07) is 3.36. The average Bonchev–Trinajstić information content (AvgIpc) is 2.35. The number of rotatable bonds is 4. The Morgan fingerprint density at radius 1 is 1.33 bits per heavy atom. The first-order valence-corrected chi connectivity index (χ1v) is 5.59. The van der Waals surface area contributed by atoms with Gasteiger partial charge in [0.15, 0.2) is 0 Å². The van der Waals surface area contributed by atoms with Crippen LogP contribution in [0.4, 0.5) is 0 Å². The number of hydrazone groups is 1. The molecule has 7 nitrogen and oxygen atoms in total. The topological polar surface area (TPSA) is 109 Å². The third-order valence-corrected chi connectivity index (χ3v) is 2.65. The molecule has 0 bridgehead atoms. The van der Waals surface area contributed by atoms with Crippen molar-refractivity contribution in [3.8, 4) is 11.5 Å². The van der Waals surface area contributed by atoms with E-state index in [0.29, 0.717) is 21.5 Å². The minimum absolute atomic E-state index is 0.109. The van der Waals surface area contributed by atoms with Gasteiger partial charge >= 0.3 is 5.96 Å². The van der Waals surface area contributed by atoms with Gasteiger partial charge in [0.1, 0.15) is 11.5 Å². The molecule has 0 fully saturated rings. The zero-order valence-electron chi connectivity index (χ0n) is 9.88. The Morgan fingerprint density at radius 2 is 1.94 bits per heavy atom. The lowest BCUT2D eigenvalue weighted by molar-refractivity contribution is -0.463. The molecule has 0 heterocycles. The van der Waals surface area contributed by atoms with Crippen LogP contribution in [0.1, 0.15) is 5.56 Å². The van der Waals surface area contributed by atoms with Crippen molar-refractivity contribution in [3.63, 3.8) is 0 Å². The van der Waals surface area contributed by atoms with Gasteiger partial charge in [0.25, 0.3) is 0 Å². The van der Waals surface area contributed by atoms with E-state index in [4.69, 9.17) is 20.9 Å². The molecule has 0 aliphatic heterocycles. The minimum atomic E-state index is -0.446. The van der Waals surface area contributed by atoms with E-state index in [2.05, 4.69) is 21.0 Å². The highest BCUT2D eigenvalue weighted by atomic mass is 79.9. The Bertz CT molecular complexity index is 498. The van der Waals surface area contributed by atoms with Crippen LogP contribution in [0.2, 0.25) is 0 Å². The Balaban J connectivity index is 3.17. The van der Waals surface area contributed by atoms with Gasteiger partial charge in [-0.05, 0) is 22.0 Å². The molecule has 4 N–H and O–H groups in total. The SMILES string of the molecule is COc1cc(OC)c(/C=N/[N+]([O-])=C(N)N)cc1Br. The fourth-order valence-electron chi connectivity index (χ4n) is 1.17. The van der Waals surface area contributed by atoms with Gasteiger partial charge < -0.3 is 14.7 Å². The summed E-state index contributed by atoms with van der Waals surface area (Å²) in [5, 5.41) is 14.6. The minimum Gasteiger partial charge on any atom is -0.722 e. The molecule has 0 aliphatic carbocycles. The van der Waals surface area contributed by atoms with Crippen LogP contribution < -0.4 is 20.9 Å². The van der Waals surface area contributed by atoms with E-state index in [-0.39, 0.29) is 4.85 Å². The molecule has 1 aromatic carbocycles. The van der Waals surface area contributed by atoms with E-state index in [1.165, 1.54) is 20.4 Å². The summed E-state index contributed by atoms with van der Waals surface area (Å²) in [5.74, 6) is 0.661. The lowest BCUT2D eigenvalue weighted by Gasteiger charge is -2.09. The molecule has 0 saturated heterocycles. The molecule has 0 spiro atoms. The van der Waals surface area contributed by atoms with E-state index in [9.17, 15) is 5.21 Å². The number of nitrogens with zero attached hydrogens (tertiary/aromatic N) is 2. The number of methoxy groups -OCH3 is 2. The zero-order chi connectivity index (χ0) is 13.7. The fraction of sp³-hybridized carbons (Fsp3) is 0.200. The fourth-order valence-corrected chi connectivity index (χ4v) is 1.69. The molecular weight excluding hydrogens is 304 g/mol. The van der Waals surface area contributed by atoms with Crippen LogP contribution in [0.25, 0.3) is 0 Å². The highest BCUT2D eigenvalue weighted by Crippen LogP contribution is 2.31. The third-order valence-electron chi connectivity index (χ3n) is 2.03. The smallest absolute Gasteiger partial charge is 0.366 e. The van der Waals surface area contributed by atoms with E-state index in [1.54, 1.807) is 12.1 Å². The van der Waals surface area contributed by atoms with Gasteiger partial charge in [-0.25, -0.2) is 0 Å². The van der Waals surface area contributed by atoms with Gasteiger partial charge in [-0.2, -0.15) is 0 Å². The molecular formula is C10H13BrN4O3. The number of nitrogens with two attached hydrogens (primary N) is 2. The summed E-state index contributed by atoms with van der Waals surface area (Å²) in [6.07, 6.45) is 1.29. The van der Waals surface area contributed by atoms with Crippen LogP contribution in [-0.2, 0) is 0 Å². The summed E-state index contributed by atoms with van der Waals surface area (Å²) < 4.78 is 11.0. The first-order chi connectivity index (χ1) is 8.49. The van der Waals surface area contributed by atoms with Crippen molar-refractivity contribution >= 4 is 28.1 Å². The summed E-state index contributed by atoms with van der Waals surface area (Å²) in [7, 11) is 3.04. The van der Waals surface area contributed by atoms with Gasteiger partial charge in [0.05, 0.1) is 24.9 Å². The molecule has 18 heavy (non-hydrogen) atoms. The first-order valence-electron chi connectivity index (χ1n) is 4.80. The van der Waals surface area contributed by atoms with Crippen molar-refractivity contribution in [1.82, 2.24) is 0 Å². The third kappa shape index (κ3) is 3.27. The predicted molar refractivity (Wildman–Crippen MR) is 71.8 cm³/mol. The van der Waals surface area contributed by atoms with Crippen LogP contribution in [0.3, 0.4) is 0 Å². The molecule has 0 saturated carbocycles. The second-order valence-corrected chi connectivity index (χ2v) is 4.03. The molecule has 0 aromatic heterocycles. The molecule has 1 rings (SSSR count). The Morgan fingerprint density at radius 3 is 2.44 bits per heavy atom. The second kappa shape index (κ2) is 6.10. The van der Waals surface area contributed by atoms with Crippen LogP contribution >= 0.6 is 15.9 Å². The van der Waals surface area contributed by atoms with Gasteiger partial charge in [-0.1, -0.05) is 0 Å². The lowest BCUT2D eigenvalue weighted by atomic mass is 10.2. The standard InChI is InChI=1S/C10H13BrN4O3/c1-17-8-4-9(18-2)7(11)3-6(8)5-14-15(16)10(12)13/h3-5H,12-13H2,1-2H3/b14-5+. The molecule has 0 aliphatic rings. The number of hydrogen-bond donors (Lipinski definition) is 2. The van der Waals surface area contributed by atoms with Gasteiger partial charge in [0, 0.05) is 11.6 Å². The number of halogens is 1. The Labute approximate surface area is 112 Å². The number of guanidine groups is 1. The quantitative estimate of drug-likeness (QED) is 0.278. The van der Waals surface area contributed by atoms with Crippen LogP contribution in [0, 0.1) is 5.21 Å². The van der Waals surface area contributed by atoms with E-state index in [1.807, 2.05) is 0 Å². The van der Waals surface area contributed by atoms with Crippen LogP contribution in [-0.4, -0.2) is 31.2 Å². The van der Waals surface area contributed by atoms with Gasteiger partial charge in [0.2, 0.25) is 0 Å². The van der Waals surface area contributed by atoms with E-state index >= 15 is 0 Å². The molecule has 0 unspecified atom stereocenters. The first kappa shape index (κ1) is 14.1. The van der Waals surface area contributed by atoms with Crippen molar-refractivity contribution in [2.45, 2.75) is 0 Å². The molecule has 0 amide bonds. The Kier molecular flexibility index (Phi) is 4.78. The monoisotopic (exact) mass is 316 g/mol. The maximum atomic E-state index is 11.1. The molecule has 0 radical (unpaired) electrons. The highest BCUT2D eigenvalue weighted by molar-refractivity contribution is 9.10. The van der Waals surface area contributed by atoms with Crippen molar-refractivity contribution in [1.29, 1.82) is 0 Å². The summed E-state index contributed by atoms with van der Waals surface area (Å²) >= 11 is 3.32. The predicted octanol–water partition coefficient (Wildman–Crippen LogP) is 0.584. The van der Waals surface area contributed by atoms with Gasteiger partial charge in [-0.15, -0.1) is 9.95 Å². The van der Waals surface area contributed by atoms with Crippen molar-refractivity contribution in [2.75, 3.05) is 14.2 Å². The van der Waals surface area contributed by atoms with Crippen LogP contribution in [0.15, 0.2) is 21.7 Å². The molecule has 8 heteroatoms. The van der Waals surface area contributed by atoms with Crippen molar-refractivity contribution in [2.24, 2.45) is 16.6 Å². The number of ether oxygens (including phenoxy) is 2. The molecule has 1 aromatic rings. The number of hydrogen-bond acceptors (Lipinski definition) is 4. The second-order valence-electron chi connectivity index (χ2n) is 3.17. The lowest BCUT2D eigenvalue weighted by Crippen LogP contribution is -2.30. The summed E-state index contributed by atoms with van der Waals surface area (Å²) in [4.78, 5) is 0.109. The highest BCUT2D eigenvalue weighted by Gasteiger charge is 2.08. The Hall–Kier alpha value is -1.96. The summed E-state index contributed by atoms with van der Waals surface area (Å²) in [6.45, 7) is 0. The normalized spacial score (nSPS) is 10.4. The van der Waals surface area contributed by atoms with Crippen molar-refractivity contribution in [3.05, 3.63) is 27.4 Å².